The van der Waals surface area contributed by atoms with Gasteiger partial charge in [0.15, 0.2) is 0 Å². The van der Waals surface area contributed by atoms with E-state index in [9.17, 15) is 10.1 Å². The summed E-state index contributed by atoms with van der Waals surface area (Å²) in [7, 11) is 0. The predicted octanol–water partition coefficient (Wildman–Crippen LogP) is 3.54. The van der Waals surface area contributed by atoms with Gasteiger partial charge in [-0.25, -0.2) is 4.98 Å². The Morgan fingerprint density at radius 2 is 2.00 bits per heavy atom. The number of amides is 1. The number of nitriles is 1. The number of halogens is 2. The molecule has 0 saturated carbocycles. The number of carbonyl (C=O) groups excluding carboxylic acids is 1. The van der Waals surface area contributed by atoms with Crippen molar-refractivity contribution < 1.29 is 4.79 Å². The molecule has 1 fully saturated rings. The summed E-state index contributed by atoms with van der Waals surface area (Å²) in [4.78, 5) is 20.9. The first-order valence-corrected chi connectivity index (χ1v) is 9.16. The molecule has 0 bridgehead atoms. The van der Waals surface area contributed by atoms with Gasteiger partial charge in [-0.3, -0.25) is 4.79 Å². The third-order valence-corrected chi connectivity index (χ3v) is 5.13. The van der Waals surface area contributed by atoms with Crippen molar-refractivity contribution in [2.75, 3.05) is 31.1 Å². The Balaban J connectivity index is 1.65. The lowest BCUT2D eigenvalue weighted by Crippen LogP contribution is -2.36. The molecule has 1 aliphatic heterocycles. The van der Waals surface area contributed by atoms with E-state index in [-0.39, 0.29) is 5.91 Å². The number of pyridine rings is 1. The Labute approximate surface area is 162 Å². The molecule has 1 aliphatic rings. The van der Waals surface area contributed by atoms with Gasteiger partial charge >= 0.3 is 0 Å². The van der Waals surface area contributed by atoms with Crippen molar-refractivity contribution in [2.24, 2.45) is 0 Å². The van der Waals surface area contributed by atoms with E-state index in [1.54, 1.807) is 30.5 Å². The van der Waals surface area contributed by atoms with Crippen LogP contribution in [0.4, 0.5) is 5.82 Å². The summed E-state index contributed by atoms with van der Waals surface area (Å²) in [6.07, 6.45) is 2.81. The fourth-order valence-corrected chi connectivity index (χ4v) is 3.37. The summed E-state index contributed by atoms with van der Waals surface area (Å²) >= 11 is 12.0. The normalized spacial score (nSPS) is 14.7. The molecule has 1 aromatic carbocycles. The van der Waals surface area contributed by atoms with Crippen molar-refractivity contribution in [3.8, 4) is 6.07 Å². The largest absolute Gasteiger partial charge is 0.354 e. The third-order valence-electron chi connectivity index (χ3n) is 4.39. The average molecular weight is 389 g/mol. The van der Waals surface area contributed by atoms with E-state index in [2.05, 4.69) is 16.0 Å². The lowest BCUT2D eigenvalue weighted by molar-refractivity contribution is -0.130. The second-order valence-electron chi connectivity index (χ2n) is 6.13. The number of carbonyl (C=O) groups is 1. The molecular formula is C19H18Cl2N4O. The van der Waals surface area contributed by atoms with Crippen LogP contribution in [-0.4, -0.2) is 42.0 Å². The van der Waals surface area contributed by atoms with Crippen LogP contribution in [0.15, 0.2) is 36.5 Å². The van der Waals surface area contributed by atoms with Crippen LogP contribution < -0.4 is 4.90 Å². The van der Waals surface area contributed by atoms with Crippen LogP contribution >= 0.6 is 23.2 Å². The van der Waals surface area contributed by atoms with Gasteiger partial charge < -0.3 is 9.80 Å². The number of hydrogen-bond acceptors (Lipinski definition) is 4. The molecule has 0 atom stereocenters. The summed E-state index contributed by atoms with van der Waals surface area (Å²) in [6.45, 7) is 2.70. The van der Waals surface area contributed by atoms with Gasteiger partial charge in [-0.15, -0.1) is 0 Å². The first-order chi connectivity index (χ1) is 12.6. The number of rotatable bonds is 3. The van der Waals surface area contributed by atoms with E-state index in [4.69, 9.17) is 23.2 Å². The molecule has 26 heavy (non-hydrogen) atoms. The number of hydrogen-bond donors (Lipinski definition) is 0. The second-order valence-corrected chi connectivity index (χ2v) is 6.95. The van der Waals surface area contributed by atoms with Crippen molar-refractivity contribution in [1.29, 1.82) is 5.26 Å². The summed E-state index contributed by atoms with van der Waals surface area (Å²) in [5, 5.41) is 10.2. The molecule has 1 aromatic heterocycles. The number of anilines is 1. The summed E-state index contributed by atoms with van der Waals surface area (Å²) < 4.78 is 0. The van der Waals surface area contributed by atoms with Crippen LogP contribution in [0.3, 0.4) is 0 Å². The lowest BCUT2D eigenvalue weighted by atomic mass is 10.1. The SMILES string of the molecule is N#Cc1cccnc1N1CCCN(C(=O)Cc2ccc(Cl)c(Cl)c2)CC1. The highest BCUT2D eigenvalue weighted by Crippen LogP contribution is 2.23. The fraction of sp³-hybridized carbons (Fsp3) is 0.316. The standard InChI is InChI=1S/C19H18Cl2N4O/c20-16-5-4-14(11-17(16)21)12-18(26)24-7-2-8-25(10-9-24)19-15(13-22)3-1-6-23-19/h1,3-6,11H,2,7-10,12H2. The summed E-state index contributed by atoms with van der Waals surface area (Å²) in [6, 6.07) is 11.0. The monoisotopic (exact) mass is 388 g/mol. The number of aromatic nitrogens is 1. The first kappa shape index (κ1) is 18.5. The summed E-state index contributed by atoms with van der Waals surface area (Å²) in [5.74, 6) is 0.751. The van der Waals surface area contributed by atoms with Crippen LogP contribution in [0.5, 0.6) is 0 Å². The van der Waals surface area contributed by atoms with Crippen molar-refractivity contribution in [1.82, 2.24) is 9.88 Å². The molecule has 0 radical (unpaired) electrons. The minimum absolute atomic E-state index is 0.0618. The van der Waals surface area contributed by atoms with Gasteiger partial charge in [0, 0.05) is 32.4 Å². The zero-order valence-corrected chi connectivity index (χ0v) is 15.7. The van der Waals surface area contributed by atoms with Gasteiger partial charge in [0.05, 0.1) is 22.0 Å². The van der Waals surface area contributed by atoms with Crippen LogP contribution in [0.25, 0.3) is 0 Å². The Morgan fingerprint density at radius 1 is 1.15 bits per heavy atom. The molecule has 2 aromatic rings. The van der Waals surface area contributed by atoms with Crippen LogP contribution in [0.2, 0.25) is 10.0 Å². The Hall–Kier alpha value is -2.29. The van der Waals surface area contributed by atoms with Gasteiger partial charge in [-0.05, 0) is 36.2 Å². The highest BCUT2D eigenvalue weighted by atomic mass is 35.5. The Kier molecular flexibility index (Phi) is 5.97. The molecule has 0 N–H and O–H groups in total. The van der Waals surface area contributed by atoms with Crippen LogP contribution in [-0.2, 0) is 11.2 Å². The molecule has 0 spiro atoms. The van der Waals surface area contributed by atoms with Crippen LogP contribution in [0, 0.1) is 11.3 Å². The highest BCUT2D eigenvalue weighted by Gasteiger charge is 2.21. The van der Waals surface area contributed by atoms with E-state index in [1.807, 2.05) is 11.0 Å². The molecule has 1 amide bonds. The summed E-state index contributed by atoms with van der Waals surface area (Å²) in [5.41, 5.74) is 1.41. The number of benzene rings is 1. The Morgan fingerprint density at radius 3 is 2.77 bits per heavy atom. The quantitative estimate of drug-likeness (QED) is 0.806. The van der Waals surface area contributed by atoms with Crippen molar-refractivity contribution in [3.05, 3.63) is 57.7 Å². The molecule has 0 aliphatic carbocycles. The molecule has 0 unspecified atom stereocenters. The maximum absolute atomic E-state index is 12.6. The minimum Gasteiger partial charge on any atom is -0.354 e. The molecule has 7 heteroatoms. The Bertz CT molecular complexity index is 850. The van der Waals surface area contributed by atoms with Gasteiger partial charge in [-0.2, -0.15) is 5.26 Å². The van der Waals surface area contributed by atoms with Gasteiger partial charge in [0.2, 0.25) is 5.91 Å². The number of nitrogens with zero attached hydrogens (tertiary/aromatic N) is 4. The fourth-order valence-electron chi connectivity index (χ4n) is 3.05. The topological polar surface area (TPSA) is 60.2 Å². The molecule has 2 heterocycles. The molecule has 134 valence electrons. The minimum atomic E-state index is 0.0618. The lowest BCUT2D eigenvalue weighted by Gasteiger charge is -2.23. The molecular weight excluding hydrogens is 371 g/mol. The molecule has 1 saturated heterocycles. The highest BCUT2D eigenvalue weighted by molar-refractivity contribution is 6.42. The van der Waals surface area contributed by atoms with Crippen molar-refractivity contribution >= 4 is 34.9 Å². The van der Waals surface area contributed by atoms with Gasteiger partial charge in [0.1, 0.15) is 11.9 Å². The first-order valence-electron chi connectivity index (χ1n) is 8.40. The van der Waals surface area contributed by atoms with Gasteiger partial charge in [-0.1, -0.05) is 29.3 Å². The van der Waals surface area contributed by atoms with E-state index < -0.39 is 0 Å². The van der Waals surface area contributed by atoms with E-state index in [0.717, 1.165) is 18.5 Å². The van der Waals surface area contributed by atoms with Crippen LogP contribution in [0.1, 0.15) is 17.5 Å². The predicted molar refractivity (Wildman–Crippen MR) is 103 cm³/mol. The van der Waals surface area contributed by atoms with E-state index >= 15 is 0 Å². The van der Waals surface area contributed by atoms with Gasteiger partial charge in [0.25, 0.3) is 0 Å². The van der Waals surface area contributed by atoms with Crippen molar-refractivity contribution in [3.63, 3.8) is 0 Å². The van der Waals surface area contributed by atoms with E-state index in [1.165, 1.54) is 0 Å². The second kappa shape index (κ2) is 8.39. The smallest absolute Gasteiger partial charge is 0.227 e. The zero-order valence-electron chi connectivity index (χ0n) is 14.2. The maximum atomic E-state index is 12.6. The third kappa shape index (κ3) is 4.27. The molecule has 3 rings (SSSR count). The van der Waals surface area contributed by atoms with E-state index in [0.29, 0.717) is 47.5 Å². The average Bonchev–Trinajstić information content (AvgIpc) is 2.91. The maximum Gasteiger partial charge on any atom is 0.227 e. The van der Waals surface area contributed by atoms with Crippen molar-refractivity contribution in [2.45, 2.75) is 12.8 Å². The zero-order chi connectivity index (χ0) is 18.5. The molecule has 5 nitrogen and oxygen atoms in total.